The number of nitrogens with zero attached hydrogens (tertiary/aromatic N) is 1. The number of carbonyl (C=O) groups excluding carboxylic acids is 2. The van der Waals surface area contributed by atoms with Gasteiger partial charge < -0.3 is 14.2 Å². The number of benzene rings is 3. The monoisotopic (exact) mass is 441 g/mol. The number of hydrogen-bond donors (Lipinski definition) is 0. The number of ketones is 1. The van der Waals surface area contributed by atoms with Crippen molar-refractivity contribution in [3.63, 3.8) is 0 Å². The Bertz CT molecular complexity index is 1250. The molecule has 3 aromatic carbocycles. The normalized spacial score (nSPS) is 17.0. The summed E-state index contributed by atoms with van der Waals surface area (Å²) in [4.78, 5) is 26.9. The van der Waals surface area contributed by atoms with Gasteiger partial charge in [-0.15, -0.1) is 0 Å². The summed E-state index contributed by atoms with van der Waals surface area (Å²) >= 11 is 0. The number of allylic oxidation sites excluding steroid dienone is 1. The molecule has 0 saturated heterocycles. The van der Waals surface area contributed by atoms with Crippen molar-refractivity contribution in [2.75, 3.05) is 13.8 Å². The van der Waals surface area contributed by atoms with E-state index >= 15 is 0 Å². The number of methoxy groups -OCH3 is 1. The second-order valence-corrected chi connectivity index (χ2v) is 8.08. The smallest absolute Gasteiger partial charge is 0.337 e. The van der Waals surface area contributed by atoms with Crippen molar-refractivity contribution in [3.05, 3.63) is 100 Å². The molecule has 0 fully saturated rings. The van der Waals surface area contributed by atoms with Crippen LogP contribution in [-0.4, -0.2) is 30.5 Å². The van der Waals surface area contributed by atoms with E-state index in [-0.39, 0.29) is 17.6 Å². The molecule has 0 amide bonds. The van der Waals surface area contributed by atoms with Gasteiger partial charge in [0.2, 0.25) is 5.78 Å². The van der Waals surface area contributed by atoms with E-state index in [1.165, 1.54) is 12.7 Å². The van der Waals surface area contributed by atoms with Gasteiger partial charge in [0.25, 0.3) is 0 Å². The standard InChI is InChI=1S/C27H23NO5/c1-17(19-6-4-3-5-7-19)28-15-22-23(32-16-28)13-12-21-25(29)24(33-26(21)22)14-18-8-10-20(11-9-18)27(30)31-2/h3-14,17H,15-16H2,1-2H3/b24-14-. The van der Waals surface area contributed by atoms with E-state index in [0.29, 0.717) is 30.2 Å². The molecule has 0 aromatic heterocycles. The molecule has 1 atom stereocenters. The average Bonchev–Trinajstić information content (AvgIpc) is 3.19. The van der Waals surface area contributed by atoms with Gasteiger partial charge in [-0.05, 0) is 48.4 Å². The highest BCUT2D eigenvalue weighted by molar-refractivity contribution is 6.15. The molecule has 166 valence electrons. The Morgan fingerprint density at radius 1 is 1.06 bits per heavy atom. The summed E-state index contributed by atoms with van der Waals surface area (Å²) in [5.74, 6) is 0.966. The first kappa shape index (κ1) is 21.0. The Morgan fingerprint density at radius 3 is 2.55 bits per heavy atom. The maximum atomic E-state index is 13.0. The second kappa shape index (κ2) is 8.56. The molecule has 5 rings (SSSR count). The van der Waals surface area contributed by atoms with Crippen LogP contribution in [0.4, 0.5) is 0 Å². The van der Waals surface area contributed by atoms with E-state index in [2.05, 4.69) is 24.0 Å². The summed E-state index contributed by atoms with van der Waals surface area (Å²) < 4.78 is 16.8. The van der Waals surface area contributed by atoms with Crippen LogP contribution in [0.25, 0.3) is 6.08 Å². The molecule has 0 aliphatic carbocycles. The summed E-state index contributed by atoms with van der Waals surface area (Å²) in [6, 6.07) is 20.8. The average molecular weight is 441 g/mol. The molecule has 0 saturated carbocycles. The van der Waals surface area contributed by atoms with Crippen LogP contribution in [0.1, 0.15) is 50.4 Å². The van der Waals surface area contributed by atoms with Crippen LogP contribution in [0, 0.1) is 0 Å². The van der Waals surface area contributed by atoms with Crippen molar-refractivity contribution in [1.82, 2.24) is 4.90 Å². The molecular weight excluding hydrogens is 418 g/mol. The predicted molar refractivity (Wildman–Crippen MR) is 123 cm³/mol. The fourth-order valence-corrected chi connectivity index (χ4v) is 4.15. The molecule has 2 heterocycles. The molecule has 6 nitrogen and oxygen atoms in total. The van der Waals surface area contributed by atoms with Crippen LogP contribution in [-0.2, 0) is 11.3 Å². The van der Waals surface area contributed by atoms with E-state index in [0.717, 1.165) is 16.9 Å². The number of hydrogen-bond acceptors (Lipinski definition) is 6. The molecular formula is C27H23NO5. The molecule has 33 heavy (non-hydrogen) atoms. The van der Waals surface area contributed by atoms with E-state index in [1.807, 2.05) is 24.3 Å². The van der Waals surface area contributed by atoms with Gasteiger partial charge in [0.15, 0.2) is 5.76 Å². The largest absolute Gasteiger partial charge is 0.478 e. The zero-order valence-electron chi connectivity index (χ0n) is 18.4. The van der Waals surface area contributed by atoms with Gasteiger partial charge >= 0.3 is 5.97 Å². The summed E-state index contributed by atoms with van der Waals surface area (Å²) in [6.07, 6.45) is 1.68. The summed E-state index contributed by atoms with van der Waals surface area (Å²) in [5.41, 5.74) is 3.80. The Hall–Kier alpha value is -3.90. The van der Waals surface area contributed by atoms with Crippen molar-refractivity contribution >= 4 is 17.8 Å². The van der Waals surface area contributed by atoms with Gasteiger partial charge in [-0.3, -0.25) is 9.69 Å². The Labute approximate surface area is 192 Å². The van der Waals surface area contributed by atoms with Crippen LogP contribution in [0.15, 0.2) is 72.5 Å². The zero-order valence-corrected chi connectivity index (χ0v) is 18.4. The molecule has 0 radical (unpaired) electrons. The molecule has 1 unspecified atom stereocenters. The highest BCUT2D eigenvalue weighted by Gasteiger charge is 2.34. The SMILES string of the molecule is COC(=O)c1ccc(/C=C2\Oc3c(ccc4c3CN(C(C)c3ccccc3)CO4)C2=O)cc1. The Kier molecular flexibility index (Phi) is 5.44. The number of fused-ring (bicyclic) bond motifs is 3. The maximum Gasteiger partial charge on any atom is 0.337 e. The van der Waals surface area contributed by atoms with Gasteiger partial charge in [0.05, 0.1) is 23.8 Å². The quantitative estimate of drug-likeness (QED) is 0.419. The van der Waals surface area contributed by atoms with Crippen LogP contribution >= 0.6 is 0 Å². The van der Waals surface area contributed by atoms with Crippen molar-refractivity contribution < 1.29 is 23.8 Å². The van der Waals surface area contributed by atoms with Crippen LogP contribution in [0.2, 0.25) is 0 Å². The first-order valence-electron chi connectivity index (χ1n) is 10.8. The van der Waals surface area contributed by atoms with E-state index in [9.17, 15) is 9.59 Å². The third-order valence-electron chi connectivity index (χ3n) is 6.10. The van der Waals surface area contributed by atoms with E-state index in [4.69, 9.17) is 14.2 Å². The molecule has 6 heteroatoms. The Balaban J connectivity index is 1.41. The van der Waals surface area contributed by atoms with Crippen LogP contribution in [0.5, 0.6) is 11.5 Å². The molecule has 3 aromatic rings. The van der Waals surface area contributed by atoms with Crippen molar-refractivity contribution in [1.29, 1.82) is 0 Å². The number of Topliss-reactive ketones (excluding diaryl/α,β-unsaturated/α-hetero) is 1. The highest BCUT2D eigenvalue weighted by atomic mass is 16.5. The lowest BCUT2D eigenvalue weighted by Gasteiger charge is -2.34. The van der Waals surface area contributed by atoms with Gasteiger partial charge in [-0.25, -0.2) is 4.79 Å². The van der Waals surface area contributed by atoms with E-state index in [1.54, 1.807) is 36.4 Å². The van der Waals surface area contributed by atoms with Crippen molar-refractivity contribution in [2.24, 2.45) is 0 Å². The molecule has 2 aliphatic heterocycles. The number of rotatable bonds is 4. The van der Waals surface area contributed by atoms with E-state index < -0.39 is 5.97 Å². The number of esters is 1. The fraction of sp³-hybridized carbons (Fsp3) is 0.185. The van der Waals surface area contributed by atoms with Crippen LogP contribution < -0.4 is 9.47 Å². The minimum absolute atomic E-state index is 0.149. The minimum atomic E-state index is -0.407. The summed E-state index contributed by atoms with van der Waals surface area (Å²) in [6.45, 7) is 3.22. The molecule has 2 aliphatic rings. The minimum Gasteiger partial charge on any atom is -0.478 e. The van der Waals surface area contributed by atoms with Gasteiger partial charge in [0, 0.05) is 12.6 Å². The van der Waals surface area contributed by atoms with Gasteiger partial charge in [0.1, 0.15) is 18.2 Å². The second-order valence-electron chi connectivity index (χ2n) is 8.08. The number of carbonyl (C=O) groups is 2. The lowest BCUT2D eigenvalue weighted by atomic mass is 10.0. The van der Waals surface area contributed by atoms with Crippen molar-refractivity contribution in [3.8, 4) is 11.5 Å². The predicted octanol–water partition coefficient (Wildman–Crippen LogP) is 5.00. The molecule has 0 N–H and O–H groups in total. The third kappa shape index (κ3) is 3.90. The first-order chi connectivity index (χ1) is 16.0. The lowest BCUT2D eigenvalue weighted by molar-refractivity contribution is 0.0599. The van der Waals surface area contributed by atoms with Crippen molar-refractivity contribution in [2.45, 2.75) is 19.5 Å². The zero-order chi connectivity index (χ0) is 22.9. The first-order valence-corrected chi connectivity index (χ1v) is 10.8. The summed E-state index contributed by atoms with van der Waals surface area (Å²) in [7, 11) is 1.34. The maximum absolute atomic E-state index is 13.0. The molecule has 0 bridgehead atoms. The molecule has 0 spiro atoms. The highest BCUT2D eigenvalue weighted by Crippen LogP contribution is 2.43. The topological polar surface area (TPSA) is 65.1 Å². The van der Waals surface area contributed by atoms with Crippen LogP contribution in [0.3, 0.4) is 0 Å². The van der Waals surface area contributed by atoms with Gasteiger partial charge in [-0.2, -0.15) is 0 Å². The van der Waals surface area contributed by atoms with Gasteiger partial charge in [-0.1, -0.05) is 42.5 Å². The Morgan fingerprint density at radius 2 is 1.82 bits per heavy atom. The summed E-state index contributed by atoms with van der Waals surface area (Å²) in [5, 5.41) is 0. The third-order valence-corrected chi connectivity index (χ3v) is 6.10. The lowest BCUT2D eigenvalue weighted by Crippen LogP contribution is -2.34. The number of ether oxygens (including phenoxy) is 3. The fourth-order valence-electron chi connectivity index (χ4n) is 4.15.